The van der Waals surface area contributed by atoms with Crippen LogP contribution in [-0.2, 0) is 13.1 Å². The molecule has 2 aromatic heterocycles. The minimum absolute atomic E-state index is 0.640. The Morgan fingerprint density at radius 1 is 1.31 bits per heavy atom. The zero-order valence-corrected chi connectivity index (χ0v) is 9.10. The molecule has 16 heavy (non-hydrogen) atoms. The van der Waals surface area contributed by atoms with Crippen molar-refractivity contribution in [1.29, 1.82) is 0 Å². The summed E-state index contributed by atoms with van der Waals surface area (Å²) in [7, 11) is 1.62. The summed E-state index contributed by atoms with van der Waals surface area (Å²) in [6.45, 7) is 1.45. The van der Waals surface area contributed by atoms with Gasteiger partial charge in [0, 0.05) is 31.0 Å². The first-order valence-electron chi connectivity index (χ1n) is 5.07. The van der Waals surface area contributed by atoms with Crippen molar-refractivity contribution in [3.05, 3.63) is 41.9 Å². The number of aromatic amines is 1. The molecule has 2 rings (SSSR count). The van der Waals surface area contributed by atoms with E-state index in [0.717, 1.165) is 17.9 Å². The molecule has 5 heteroatoms. The number of aromatic nitrogens is 3. The number of nitrogens with zero attached hydrogens (tertiary/aromatic N) is 2. The molecule has 2 N–H and O–H groups in total. The number of methoxy groups -OCH3 is 1. The van der Waals surface area contributed by atoms with Crippen molar-refractivity contribution in [2.45, 2.75) is 13.1 Å². The normalized spacial score (nSPS) is 10.3. The molecule has 0 radical (unpaired) electrons. The predicted octanol–water partition coefficient (Wildman–Crippen LogP) is 1.10. The van der Waals surface area contributed by atoms with Gasteiger partial charge < -0.3 is 10.1 Å². The quantitative estimate of drug-likeness (QED) is 0.789. The number of H-pyrrole nitrogens is 1. The summed E-state index contributed by atoms with van der Waals surface area (Å²) >= 11 is 0. The van der Waals surface area contributed by atoms with E-state index >= 15 is 0 Å². The molecule has 0 saturated carbocycles. The third-order valence-electron chi connectivity index (χ3n) is 2.17. The minimum atomic E-state index is 0.640. The maximum atomic E-state index is 5.05. The van der Waals surface area contributed by atoms with Gasteiger partial charge in [0.15, 0.2) is 0 Å². The topological polar surface area (TPSA) is 62.8 Å². The second-order valence-electron chi connectivity index (χ2n) is 3.36. The van der Waals surface area contributed by atoms with Crippen molar-refractivity contribution in [1.82, 2.24) is 20.5 Å². The van der Waals surface area contributed by atoms with E-state index in [9.17, 15) is 0 Å². The van der Waals surface area contributed by atoms with Gasteiger partial charge >= 0.3 is 0 Å². The molecule has 0 unspecified atom stereocenters. The summed E-state index contributed by atoms with van der Waals surface area (Å²) in [5.74, 6) is 0.640. The van der Waals surface area contributed by atoms with Crippen molar-refractivity contribution in [3.63, 3.8) is 0 Å². The summed E-state index contributed by atoms with van der Waals surface area (Å²) in [6, 6.07) is 7.66. The lowest BCUT2D eigenvalue weighted by atomic mass is 10.3. The molecule has 0 aromatic carbocycles. The first kappa shape index (κ1) is 10.6. The molecule has 0 saturated heterocycles. The second kappa shape index (κ2) is 5.27. The molecule has 5 nitrogen and oxygen atoms in total. The molecule has 0 aliphatic heterocycles. The van der Waals surface area contributed by atoms with Gasteiger partial charge in [-0.25, -0.2) is 4.98 Å². The first-order chi connectivity index (χ1) is 7.88. The van der Waals surface area contributed by atoms with Crippen LogP contribution in [0.1, 0.15) is 11.4 Å². The Morgan fingerprint density at radius 3 is 3.00 bits per heavy atom. The van der Waals surface area contributed by atoms with Gasteiger partial charge in [-0.05, 0) is 12.1 Å². The van der Waals surface area contributed by atoms with Gasteiger partial charge in [0.2, 0.25) is 5.88 Å². The fourth-order valence-electron chi connectivity index (χ4n) is 1.38. The SMILES string of the molecule is COc1cccc(CNCc2ccn[nH]2)n1. The lowest BCUT2D eigenvalue weighted by Crippen LogP contribution is -2.14. The van der Waals surface area contributed by atoms with Crippen LogP contribution in [0.4, 0.5) is 0 Å². The largest absolute Gasteiger partial charge is 0.481 e. The average molecular weight is 218 g/mol. The molecule has 0 fully saturated rings. The summed E-state index contributed by atoms with van der Waals surface area (Å²) < 4.78 is 5.05. The van der Waals surface area contributed by atoms with Crippen molar-refractivity contribution < 1.29 is 4.74 Å². The van der Waals surface area contributed by atoms with Gasteiger partial charge in [0.05, 0.1) is 12.8 Å². The van der Waals surface area contributed by atoms with Crippen LogP contribution in [0.25, 0.3) is 0 Å². The van der Waals surface area contributed by atoms with Crippen LogP contribution < -0.4 is 10.1 Å². The number of ether oxygens (including phenoxy) is 1. The Bertz CT molecular complexity index is 427. The van der Waals surface area contributed by atoms with E-state index in [1.807, 2.05) is 24.3 Å². The van der Waals surface area contributed by atoms with Gasteiger partial charge in [-0.3, -0.25) is 5.10 Å². The highest BCUT2D eigenvalue weighted by molar-refractivity contribution is 5.15. The lowest BCUT2D eigenvalue weighted by Gasteiger charge is -2.04. The van der Waals surface area contributed by atoms with E-state index < -0.39 is 0 Å². The second-order valence-corrected chi connectivity index (χ2v) is 3.36. The highest BCUT2D eigenvalue weighted by Gasteiger charge is 1.98. The summed E-state index contributed by atoms with van der Waals surface area (Å²) in [5.41, 5.74) is 2.02. The molecular formula is C11H14N4O. The monoisotopic (exact) mass is 218 g/mol. The Kier molecular flexibility index (Phi) is 3.50. The van der Waals surface area contributed by atoms with Crippen LogP contribution in [-0.4, -0.2) is 22.3 Å². The first-order valence-corrected chi connectivity index (χ1v) is 5.07. The Labute approximate surface area is 93.9 Å². The molecule has 0 aliphatic carbocycles. The molecule has 0 aliphatic rings. The van der Waals surface area contributed by atoms with Crippen LogP contribution in [0.15, 0.2) is 30.5 Å². The van der Waals surface area contributed by atoms with E-state index in [1.54, 1.807) is 13.3 Å². The Balaban J connectivity index is 1.85. The molecule has 0 bridgehead atoms. The van der Waals surface area contributed by atoms with Crippen molar-refractivity contribution >= 4 is 0 Å². The van der Waals surface area contributed by atoms with Crippen LogP contribution >= 0.6 is 0 Å². The average Bonchev–Trinajstić information content (AvgIpc) is 2.82. The van der Waals surface area contributed by atoms with Gasteiger partial charge in [-0.1, -0.05) is 6.07 Å². The molecule has 0 amide bonds. The van der Waals surface area contributed by atoms with Gasteiger partial charge in [0.1, 0.15) is 0 Å². The highest BCUT2D eigenvalue weighted by Crippen LogP contribution is 2.06. The van der Waals surface area contributed by atoms with E-state index in [-0.39, 0.29) is 0 Å². The van der Waals surface area contributed by atoms with E-state index in [2.05, 4.69) is 20.5 Å². The molecule has 0 atom stereocenters. The fourth-order valence-corrected chi connectivity index (χ4v) is 1.38. The molecular weight excluding hydrogens is 204 g/mol. The standard InChI is InChI=1S/C11H14N4O/c1-16-11-4-2-3-9(14-11)7-12-8-10-5-6-13-15-10/h2-6,12H,7-8H2,1H3,(H,13,15). The zero-order valence-electron chi connectivity index (χ0n) is 9.10. The zero-order chi connectivity index (χ0) is 11.2. The minimum Gasteiger partial charge on any atom is -0.481 e. The van der Waals surface area contributed by atoms with Gasteiger partial charge in [-0.15, -0.1) is 0 Å². The van der Waals surface area contributed by atoms with Crippen molar-refractivity contribution in [3.8, 4) is 5.88 Å². The Hall–Kier alpha value is -1.88. The molecule has 2 aromatic rings. The fraction of sp³-hybridized carbons (Fsp3) is 0.273. The van der Waals surface area contributed by atoms with Crippen molar-refractivity contribution in [2.75, 3.05) is 7.11 Å². The third kappa shape index (κ3) is 2.80. The van der Waals surface area contributed by atoms with E-state index in [1.165, 1.54) is 0 Å². The lowest BCUT2D eigenvalue weighted by molar-refractivity contribution is 0.395. The summed E-state index contributed by atoms with van der Waals surface area (Å²) in [5, 5.41) is 10.0. The van der Waals surface area contributed by atoms with Crippen LogP contribution in [0, 0.1) is 0 Å². The maximum Gasteiger partial charge on any atom is 0.213 e. The third-order valence-corrected chi connectivity index (χ3v) is 2.17. The van der Waals surface area contributed by atoms with E-state index in [0.29, 0.717) is 12.4 Å². The smallest absolute Gasteiger partial charge is 0.213 e. The van der Waals surface area contributed by atoms with Gasteiger partial charge in [0.25, 0.3) is 0 Å². The van der Waals surface area contributed by atoms with Crippen LogP contribution in [0.5, 0.6) is 5.88 Å². The molecule has 0 spiro atoms. The summed E-state index contributed by atoms with van der Waals surface area (Å²) in [6.07, 6.45) is 1.74. The molecule has 84 valence electrons. The van der Waals surface area contributed by atoms with E-state index in [4.69, 9.17) is 4.74 Å². The molecule has 2 heterocycles. The van der Waals surface area contributed by atoms with Crippen LogP contribution in [0.3, 0.4) is 0 Å². The number of rotatable bonds is 5. The Morgan fingerprint density at radius 2 is 2.25 bits per heavy atom. The number of hydrogen-bond donors (Lipinski definition) is 2. The van der Waals surface area contributed by atoms with Crippen molar-refractivity contribution in [2.24, 2.45) is 0 Å². The van der Waals surface area contributed by atoms with Crippen LogP contribution in [0.2, 0.25) is 0 Å². The van der Waals surface area contributed by atoms with Gasteiger partial charge in [-0.2, -0.15) is 5.10 Å². The maximum absolute atomic E-state index is 5.05. The number of nitrogens with one attached hydrogen (secondary N) is 2. The predicted molar refractivity (Wildman–Crippen MR) is 59.9 cm³/mol. The number of hydrogen-bond acceptors (Lipinski definition) is 4. The summed E-state index contributed by atoms with van der Waals surface area (Å²) in [4.78, 5) is 4.30. The number of pyridine rings is 1. The highest BCUT2D eigenvalue weighted by atomic mass is 16.5.